The van der Waals surface area contributed by atoms with Crippen molar-refractivity contribution in [3.05, 3.63) is 36.5 Å². The Hall–Kier alpha value is -3.07. The molecule has 2 bridgehead atoms. The first kappa shape index (κ1) is 18.9. The van der Waals surface area contributed by atoms with E-state index in [2.05, 4.69) is 25.4 Å². The Morgan fingerprint density at radius 1 is 1.23 bits per heavy atom. The van der Waals surface area contributed by atoms with E-state index in [9.17, 15) is 9.50 Å². The minimum Gasteiger partial charge on any atom is -0.507 e. The van der Waals surface area contributed by atoms with Gasteiger partial charge in [0.15, 0.2) is 0 Å². The zero-order valence-corrected chi connectivity index (χ0v) is 16.8. The molecule has 2 saturated heterocycles. The number of aromatic nitrogens is 4. The zero-order chi connectivity index (χ0) is 20.8. The first-order valence-electron chi connectivity index (χ1n) is 10.1. The molecule has 0 aliphatic carbocycles. The van der Waals surface area contributed by atoms with Crippen LogP contribution in [-0.2, 0) is 0 Å². The molecule has 0 unspecified atom stereocenters. The van der Waals surface area contributed by atoms with Crippen molar-refractivity contribution in [1.29, 1.82) is 0 Å². The number of halogens is 1. The van der Waals surface area contributed by atoms with Crippen LogP contribution in [0.2, 0.25) is 0 Å². The predicted octanol–water partition coefficient (Wildman–Crippen LogP) is 2.87. The van der Waals surface area contributed by atoms with Gasteiger partial charge in [0, 0.05) is 37.2 Å². The first-order chi connectivity index (χ1) is 14.5. The highest BCUT2D eigenvalue weighted by Gasteiger charge is 2.43. The molecular formula is C21H23FN6O2. The number of fused-ring (bicyclic) bond motifs is 2. The summed E-state index contributed by atoms with van der Waals surface area (Å²) in [5, 5.41) is 17.7. The summed E-state index contributed by atoms with van der Waals surface area (Å²) in [5.41, 5.74) is 1.72. The largest absolute Gasteiger partial charge is 0.507 e. The lowest BCUT2D eigenvalue weighted by Gasteiger charge is -2.38. The van der Waals surface area contributed by atoms with Crippen molar-refractivity contribution >= 4 is 5.82 Å². The Labute approximate surface area is 173 Å². The van der Waals surface area contributed by atoms with Crippen molar-refractivity contribution in [3.63, 3.8) is 0 Å². The van der Waals surface area contributed by atoms with Crippen LogP contribution in [-0.4, -0.2) is 56.6 Å². The lowest BCUT2D eigenvalue weighted by molar-refractivity contribution is 0.176. The van der Waals surface area contributed by atoms with Gasteiger partial charge in [0.05, 0.1) is 24.1 Å². The van der Waals surface area contributed by atoms with Gasteiger partial charge in [-0.2, -0.15) is 4.98 Å². The van der Waals surface area contributed by atoms with Gasteiger partial charge in [-0.1, -0.05) is 11.2 Å². The summed E-state index contributed by atoms with van der Waals surface area (Å²) in [6, 6.07) is 5.20. The van der Waals surface area contributed by atoms with Crippen molar-refractivity contribution in [3.8, 4) is 28.4 Å². The van der Waals surface area contributed by atoms with Crippen LogP contribution >= 0.6 is 0 Å². The smallest absolute Gasteiger partial charge is 0.223 e. The van der Waals surface area contributed by atoms with E-state index in [-0.39, 0.29) is 17.8 Å². The number of nitrogens with zero attached hydrogens (tertiary/aromatic N) is 5. The third kappa shape index (κ3) is 3.28. The summed E-state index contributed by atoms with van der Waals surface area (Å²) in [4.78, 5) is 15.0. The van der Waals surface area contributed by atoms with Gasteiger partial charge in [-0.3, -0.25) is 4.98 Å². The third-order valence-electron chi connectivity index (χ3n) is 6.11. The lowest BCUT2D eigenvalue weighted by Crippen LogP contribution is -2.55. The van der Waals surface area contributed by atoms with Crippen LogP contribution in [0.25, 0.3) is 22.6 Å². The SMILES string of the molecule is Cc1nc(-c2ccc(-c3cnc(N(C)[C@@H]4C[C@H]5CC[C@H](N5)[C@@H]4F)cn3)c(O)c2)no1. The second-order valence-corrected chi connectivity index (χ2v) is 8.03. The maximum absolute atomic E-state index is 14.8. The van der Waals surface area contributed by atoms with Crippen molar-refractivity contribution < 1.29 is 14.0 Å². The summed E-state index contributed by atoms with van der Waals surface area (Å²) in [6.45, 7) is 1.71. The molecule has 0 saturated carbocycles. The fraction of sp³-hybridized carbons (Fsp3) is 0.429. The quantitative estimate of drug-likeness (QED) is 0.677. The van der Waals surface area contributed by atoms with Crippen LogP contribution in [0.15, 0.2) is 35.1 Å². The van der Waals surface area contributed by atoms with E-state index in [0.29, 0.717) is 40.4 Å². The molecule has 0 spiro atoms. The van der Waals surface area contributed by atoms with Gasteiger partial charge in [-0.15, -0.1) is 0 Å². The molecule has 9 heteroatoms. The zero-order valence-electron chi connectivity index (χ0n) is 16.8. The standard InChI is InChI=1S/C21H23FN6O2/c1-11-25-21(27-30-11)12-3-5-14(18(29)7-12)16-9-24-19(10-23-16)28(2)17-8-13-4-6-15(26-13)20(17)22/h3,5,7,9-10,13,15,17,20,26,29H,4,6,8H2,1-2H3/t13-,15+,17-,20+/m1/s1. The molecule has 0 amide bonds. The van der Waals surface area contributed by atoms with Crippen molar-refractivity contribution in [2.24, 2.45) is 0 Å². The summed E-state index contributed by atoms with van der Waals surface area (Å²) >= 11 is 0. The van der Waals surface area contributed by atoms with E-state index in [1.54, 1.807) is 37.5 Å². The Morgan fingerprint density at radius 3 is 2.80 bits per heavy atom. The molecule has 4 atom stereocenters. The molecule has 0 radical (unpaired) electrons. The fourth-order valence-electron chi connectivity index (χ4n) is 4.46. The molecule has 156 valence electrons. The maximum Gasteiger partial charge on any atom is 0.223 e. The van der Waals surface area contributed by atoms with Crippen LogP contribution in [0.3, 0.4) is 0 Å². The average molecular weight is 410 g/mol. The molecule has 2 aliphatic heterocycles. The van der Waals surface area contributed by atoms with Gasteiger partial charge in [-0.05, 0) is 31.4 Å². The monoisotopic (exact) mass is 410 g/mol. The van der Waals surface area contributed by atoms with Crippen LogP contribution in [0.4, 0.5) is 10.2 Å². The third-order valence-corrected chi connectivity index (χ3v) is 6.11. The van der Waals surface area contributed by atoms with Crippen LogP contribution < -0.4 is 10.2 Å². The number of alkyl halides is 1. The molecular weight excluding hydrogens is 387 g/mol. The van der Waals surface area contributed by atoms with Gasteiger partial charge in [0.1, 0.15) is 17.7 Å². The van der Waals surface area contributed by atoms with Crippen LogP contribution in [0, 0.1) is 6.92 Å². The van der Waals surface area contributed by atoms with Gasteiger partial charge in [0.25, 0.3) is 0 Å². The minimum absolute atomic E-state index is 0.0455. The molecule has 8 nitrogen and oxygen atoms in total. The molecule has 30 heavy (non-hydrogen) atoms. The number of phenolic OH excluding ortho intramolecular Hbond substituents is 1. The summed E-state index contributed by atoms with van der Waals surface area (Å²) in [6.07, 6.45) is 4.97. The highest BCUT2D eigenvalue weighted by molar-refractivity contribution is 5.71. The number of rotatable bonds is 4. The second kappa shape index (κ2) is 7.32. The molecule has 5 rings (SSSR count). The number of piperidine rings is 1. The number of nitrogens with one attached hydrogen (secondary N) is 1. The van der Waals surface area contributed by atoms with Crippen molar-refractivity contribution in [2.45, 2.75) is 50.5 Å². The average Bonchev–Trinajstić information content (AvgIpc) is 3.37. The van der Waals surface area contributed by atoms with Gasteiger partial charge >= 0.3 is 0 Å². The number of hydrogen-bond donors (Lipinski definition) is 2. The summed E-state index contributed by atoms with van der Waals surface area (Å²) in [5.74, 6) is 1.53. The Morgan fingerprint density at radius 2 is 2.10 bits per heavy atom. The van der Waals surface area contributed by atoms with E-state index >= 15 is 0 Å². The molecule has 2 aromatic heterocycles. The number of anilines is 1. The topological polar surface area (TPSA) is 100 Å². The molecule has 1 aromatic carbocycles. The number of benzene rings is 1. The number of aromatic hydroxyl groups is 1. The van der Waals surface area contributed by atoms with Crippen LogP contribution in [0.5, 0.6) is 5.75 Å². The highest BCUT2D eigenvalue weighted by Crippen LogP contribution is 2.34. The van der Waals surface area contributed by atoms with Gasteiger partial charge in [-0.25, -0.2) is 9.37 Å². The Balaban J connectivity index is 1.36. The first-order valence-corrected chi connectivity index (χ1v) is 10.1. The highest BCUT2D eigenvalue weighted by atomic mass is 19.1. The summed E-state index contributed by atoms with van der Waals surface area (Å²) < 4.78 is 19.8. The molecule has 3 aromatic rings. The second-order valence-electron chi connectivity index (χ2n) is 8.03. The van der Waals surface area contributed by atoms with E-state index in [1.807, 2.05) is 11.9 Å². The van der Waals surface area contributed by atoms with Crippen molar-refractivity contribution in [2.75, 3.05) is 11.9 Å². The van der Waals surface area contributed by atoms with Gasteiger partial charge < -0.3 is 19.8 Å². The van der Waals surface area contributed by atoms with E-state index < -0.39 is 6.17 Å². The molecule has 2 fully saturated rings. The molecule has 4 heterocycles. The Kier molecular flexibility index (Phi) is 4.62. The number of phenols is 1. The maximum atomic E-state index is 14.8. The molecule has 2 N–H and O–H groups in total. The van der Waals surface area contributed by atoms with Crippen molar-refractivity contribution in [1.82, 2.24) is 25.4 Å². The lowest BCUT2D eigenvalue weighted by atomic mass is 9.96. The van der Waals surface area contributed by atoms with E-state index in [4.69, 9.17) is 4.52 Å². The Bertz CT molecular complexity index is 1060. The normalized spacial score (nSPS) is 25.4. The molecule has 2 aliphatic rings. The summed E-state index contributed by atoms with van der Waals surface area (Å²) in [7, 11) is 1.87. The minimum atomic E-state index is -0.930. The van der Waals surface area contributed by atoms with E-state index in [1.165, 1.54) is 0 Å². The number of aryl methyl sites for hydroxylation is 1. The fourth-order valence-corrected chi connectivity index (χ4v) is 4.46. The predicted molar refractivity (Wildman–Crippen MR) is 109 cm³/mol. The van der Waals surface area contributed by atoms with Gasteiger partial charge in [0.2, 0.25) is 11.7 Å². The van der Waals surface area contributed by atoms with E-state index in [0.717, 1.165) is 19.3 Å². The van der Waals surface area contributed by atoms with Crippen LogP contribution in [0.1, 0.15) is 25.2 Å². The number of hydrogen-bond acceptors (Lipinski definition) is 8.